The molecule has 0 aliphatic carbocycles. The molecule has 7 nitrogen and oxygen atoms in total. The Labute approximate surface area is 183 Å². The summed E-state index contributed by atoms with van der Waals surface area (Å²) in [7, 11) is -3.68. The smallest absolute Gasteiger partial charge is 0.271 e. The van der Waals surface area contributed by atoms with E-state index in [4.69, 9.17) is 4.74 Å². The lowest BCUT2D eigenvalue weighted by Crippen LogP contribution is -2.40. The van der Waals surface area contributed by atoms with E-state index in [9.17, 15) is 13.2 Å². The molecule has 1 N–H and O–H groups in total. The molecule has 8 heteroatoms. The Kier molecular flexibility index (Phi) is 7.37. The van der Waals surface area contributed by atoms with Crippen LogP contribution in [0.4, 0.5) is 0 Å². The molecule has 1 aliphatic rings. The first-order chi connectivity index (χ1) is 14.8. The molecule has 0 aromatic heterocycles. The highest BCUT2D eigenvalue weighted by Crippen LogP contribution is 2.19. The maximum Gasteiger partial charge on any atom is 0.271 e. The summed E-state index contributed by atoms with van der Waals surface area (Å²) in [6, 6.07) is 11.9. The Balaban J connectivity index is 1.78. The quantitative estimate of drug-likeness (QED) is 0.551. The van der Waals surface area contributed by atoms with Gasteiger partial charge in [-0.15, -0.1) is 0 Å². The molecule has 3 rings (SSSR count). The van der Waals surface area contributed by atoms with Crippen molar-refractivity contribution in [3.05, 3.63) is 70.8 Å². The van der Waals surface area contributed by atoms with Crippen LogP contribution in [-0.2, 0) is 14.8 Å². The van der Waals surface area contributed by atoms with E-state index in [0.717, 1.165) is 16.7 Å². The molecule has 1 amide bonds. The first-order valence-corrected chi connectivity index (χ1v) is 11.5. The van der Waals surface area contributed by atoms with Gasteiger partial charge in [0.05, 0.1) is 23.8 Å². The zero-order valence-corrected chi connectivity index (χ0v) is 18.8. The van der Waals surface area contributed by atoms with Crippen LogP contribution < -0.4 is 5.43 Å². The van der Waals surface area contributed by atoms with Crippen molar-refractivity contribution >= 4 is 27.7 Å². The number of amides is 1. The number of hydrogen-bond donors (Lipinski definition) is 1. The van der Waals surface area contributed by atoms with Crippen molar-refractivity contribution in [1.29, 1.82) is 0 Å². The molecule has 1 aliphatic heterocycles. The molecule has 2 aromatic rings. The van der Waals surface area contributed by atoms with Crippen molar-refractivity contribution < 1.29 is 17.9 Å². The molecule has 0 spiro atoms. The zero-order chi connectivity index (χ0) is 22.4. The van der Waals surface area contributed by atoms with Gasteiger partial charge in [-0.25, -0.2) is 13.8 Å². The largest absolute Gasteiger partial charge is 0.379 e. The van der Waals surface area contributed by atoms with Gasteiger partial charge in [0.25, 0.3) is 5.91 Å². The summed E-state index contributed by atoms with van der Waals surface area (Å²) in [6.07, 6.45) is 3.99. The minimum Gasteiger partial charge on any atom is -0.379 e. The van der Waals surface area contributed by atoms with Crippen molar-refractivity contribution in [3.63, 3.8) is 0 Å². The molecule has 0 unspecified atom stereocenters. The number of sulfonamides is 1. The van der Waals surface area contributed by atoms with E-state index in [-0.39, 0.29) is 10.5 Å². The summed E-state index contributed by atoms with van der Waals surface area (Å²) in [5.41, 5.74) is 6.50. The first-order valence-electron chi connectivity index (χ1n) is 10.1. The van der Waals surface area contributed by atoms with Gasteiger partial charge in [0, 0.05) is 24.2 Å². The van der Waals surface area contributed by atoms with E-state index in [1.54, 1.807) is 12.1 Å². The van der Waals surface area contributed by atoms with E-state index in [0.29, 0.717) is 32.0 Å². The number of carbonyl (C=O) groups excluding carboxylic acids is 1. The monoisotopic (exact) mass is 441 g/mol. The van der Waals surface area contributed by atoms with Crippen LogP contribution in [0.25, 0.3) is 6.08 Å². The van der Waals surface area contributed by atoms with Crippen LogP contribution in [0.3, 0.4) is 0 Å². The van der Waals surface area contributed by atoms with E-state index >= 15 is 0 Å². The maximum absolute atomic E-state index is 12.8. The Bertz CT molecular complexity index is 1120. The number of nitrogens with zero attached hydrogens (tertiary/aromatic N) is 2. The van der Waals surface area contributed by atoms with Crippen LogP contribution >= 0.6 is 0 Å². The molecule has 31 heavy (non-hydrogen) atoms. The van der Waals surface area contributed by atoms with Crippen LogP contribution in [-0.4, -0.2) is 50.6 Å². The average molecular weight is 442 g/mol. The molecule has 0 radical (unpaired) electrons. The molecule has 1 heterocycles. The van der Waals surface area contributed by atoms with Gasteiger partial charge < -0.3 is 4.74 Å². The van der Waals surface area contributed by atoms with Gasteiger partial charge in [0.15, 0.2) is 0 Å². The number of hydrazone groups is 1. The van der Waals surface area contributed by atoms with Gasteiger partial charge in [0.2, 0.25) is 10.0 Å². The third-order valence-electron chi connectivity index (χ3n) is 5.14. The predicted molar refractivity (Wildman–Crippen MR) is 122 cm³/mol. The highest BCUT2D eigenvalue weighted by molar-refractivity contribution is 7.89. The Morgan fingerprint density at radius 1 is 1.16 bits per heavy atom. The van der Waals surface area contributed by atoms with Crippen LogP contribution in [0.15, 0.2) is 58.5 Å². The number of nitrogens with one attached hydrogen (secondary N) is 1. The van der Waals surface area contributed by atoms with Crippen LogP contribution in [0.1, 0.15) is 40.9 Å². The molecule has 0 saturated carbocycles. The zero-order valence-electron chi connectivity index (χ0n) is 18.0. The number of carbonyl (C=O) groups is 1. The second-order valence-corrected chi connectivity index (χ2v) is 9.14. The maximum atomic E-state index is 12.8. The molecule has 0 atom stereocenters. The number of benzene rings is 2. The normalized spacial score (nSPS) is 15.9. The summed E-state index contributed by atoms with van der Waals surface area (Å²) in [5.74, 6) is -0.472. The minimum absolute atomic E-state index is 0.0812. The van der Waals surface area contributed by atoms with Gasteiger partial charge in [-0.3, -0.25) is 4.79 Å². The Hall–Kier alpha value is -2.81. The van der Waals surface area contributed by atoms with Crippen LogP contribution in [0.5, 0.6) is 0 Å². The Morgan fingerprint density at radius 3 is 2.58 bits per heavy atom. The highest BCUT2D eigenvalue weighted by Gasteiger charge is 2.26. The number of ether oxygens (including phenoxy) is 1. The van der Waals surface area contributed by atoms with E-state index in [1.807, 2.05) is 51.1 Å². The van der Waals surface area contributed by atoms with Crippen molar-refractivity contribution in [2.75, 3.05) is 26.3 Å². The van der Waals surface area contributed by atoms with Crippen LogP contribution in [0, 0.1) is 6.92 Å². The fraction of sp³-hybridized carbons (Fsp3) is 0.304. The molecule has 1 saturated heterocycles. The number of rotatable bonds is 6. The first kappa shape index (κ1) is 22.9. The highest BCUT2D eigenvalue weighted by atomic mass is 32.2. The van der Waals surface area contributed by atoms with Crippen molar-refractivity contribution in [2.45, 2.75) is 25.7 Å². The molecular formula is C23H27N3O4S. The third kappa shape index (κ3) is 5.28. The minimum atomic E-state index is -3.68. The molecular weight excluding hydrogens is 414 g/mol. The molecule has 2 aromatic carbocycles. The SMILES string of the molecule is CC=Cc1cccc(C(C)=NNC(=O)c2cccc(S(=O)(=O)N3CCOCC3)c2)c1C. The van der Waals surface area contributed by atoms with Gasteiger partial charge in [-0.2, -0.15) is 9.41 Å². The predicted octanol–water partition coefficient (Wildman–Crippen LogP) is 3.20. The molecule has 1 fully saturated rings. The van der Waals surface area contributed by atoms with Gasteiger partial charge >= 0.3 is 0 Å². The topological polar surface area (TPSA) is 88.1 Å². The lowest BCUT2D eigenvalue weighted by molar-refractivity contribution is 0.0730. The second-order valence-electron chi connectivity index (χ2n) is 7.20. The van der Waals surface area contributed by atoms with Gasteiger partial charge in [-0.05, 0) is 50.1 Å². The summed E-state index contributed by atoms with van der Waals surface area (Å²) < 4.78 is 32.3. The lowest BCUT2D eigenvalue weighted by Gasteiger charge is -2.26. The van der Waals surface area contributed by atoms with Gasteiger partial charge in [0.1, 0.15) is 0 Å². The molecule has 164 valence electrons. The van der Waals surface area contributed by atoms with Crippen molar-refractivity contribution in [3.8, 4) is 0 Å². The standard InChI is InChI=1S/C23H27N3O4S/c1-4-7-19-8-6-11-22(17(19)2)18(3)24-25-23(27)20-9-5-10-21(16-20)31(28,29)26-12-14-30-15-13-26/h4-11,16H,12-15H2,1-3H3,(H,25,27). The van der Waals surface area contributed by atoms with E-state index in [2.05, 4.69) is 10.5 Å². The van der Waals surface area contributed by atoms with Gasteiger partial charge in [-0.1, -0.05) is 36.4 Å². The summed E-state index contributed by atoms with van der Waals surface area (Å²) >= 11 is 0. The van der Waals surface area contributed by atoms with Crippen molar-refractivity contribution in [2.24, 2.45) is 5.10 Å². The second kappa shape index (κ2) is 10.00. The summed E-state index contributed by atoms with van der Waals surface area (Å²) in [4.78, 5) is 12.7. The summed E-state index contributed by atoms with van der Waals surface area (Å²) in [6.45, 7) is 7.11. The van der Waals surface area contributed by atoms with Crippen LogP contribution in [0.2, 0.25) is 0 Å². The van der Waals surface area contributed by atoms with E-state index in [1.165, 1.54) is 16.4 Å². The van der Waals surface area contributed by atoms with E-state index < -0.39 is 15.9 Å². The third-order valence-corrected chi connectivity index (χ3v) is 7.04. The fourth-order valence-corrected chi connectivity index (χ4v) is 4.85. The summed E-state index contributed by atoms with van der Waals surface area (Å²) in [5, 5.41) is 4.23. The Morgan fingerprint density at radius 2 is 1.87 bits per heavy atom. The fourth-order valence-electron chi connectivity index (χ4n) is 3.40. The molecule has 0 bridgehead atoms. The number of morpholine rings is 1. The number of hydrogen-bond acceptors (Lipinski definition) is 5. The van der Waals surface area contributed by atoms with Crippen molar-refractivity contribution in [1.82, 2.24) is 9.73 Å². The average Bonchev–Trinajstić information content (AvgIpc) is 2.79. The number of allylic oxidation sites excluding steroid dienone is 1. The lowest BCUT2D eigenvalue weighted by atomic mass is 9.99.